The summed E-state index contributed by atoms with van der Waals surface area (Å²) in [7, 11) is 0. The normalized spacial score (nSPS) is 11.0. The molecular weight excluding hydrogens is 210 g/mol. The van der Waals surface area contributed by atoms with Crippen LogP contribution in [0.4, 0.5) is 5.00 Å². The monoisotopic (exact) mass is 223 g/mol. The zero-order valence-corrected chi connectivity index (χ0v) is 9.97. The minimum Gasteiger partial charge on any atom is -0.391 e. The Hall–Kier alpha value is -0.670. The van der Waals surface area contributed by atoms with E-state index in [1.807, 2.05) is 11.8 Å². The van der Waals surface area contributed by atoms with Crippen LogP contribution in [0.5, 0.6) is 0 Å². The lowest BCUT2D eigenvalue weighted by molar-refractivity contribution is 1.11. The van der Waals surface area contributed by atoms with Gasteiger partial charge in [-0.15, -0.1) is 23.1 Å². The Kier molecular flexibility index (Phi) is 2.70. The summed E-state index contributed by atoms with van der Waals surface area (Å²) >= 11 is 3.51. The molecule has 0 saturated heterocycles. The van der Waals surface area contributed by atoms with E-state index in [9.17, 15) is 0 Å². The van der Waals surface area contributed by atoms with Gasteiger partial charge in [-0.3, -0.25) is 0 Å². The zero-order valence-electron chi connectivity index (χ0n) is 8.33. The zero-order chi connectivity index (χ0) is 10.1. The van der Waals surface area contributed by atoms with Crippen molar-refractivity contribution in [3.8, 4) is 0 Å². The summed E-state index contributed by atoms with van der Waals surface area (Å²) < 4.78 is 1.36. The van der Waals surface area contributed by atoms with Crippen LogP contribution in [0, 0.1) is 0 Å². The Morgan fingerprint density at radius 3 is 2.86 bits per heavy atom. The lowest BCUT2D eigenvalue weighted by Gasteiger charge is -2.05. The van der Waals surface area contributed by atoms with E-state index in [-0.39, 0.29) is 0 Å². The van der Waals surface area contributed by atoms with Crippen LogP contribution in [0.15, 0.2) is 23.1 Å². The van der Waals surface area contributed by atoms with Gasteiger partial charge in [0.2, 0.25) is 0 Å². The summed E-state index contributed by atoms with van der Waals surface area (Å²) in [6, 6.07) is 6.41. The second-order valence-corrected chi connectivity index (χ2v) is 5.10. The van der Waals surface area contributed by atoms with Crippen molar-refractivity contribution >= 4 is 38.2 Å². The van der Waals surface area contributed by atoms with Gasteiger partial charge >= 0.3 is 0 Å². The van der Waals surface area contributed by atoms with Gasteiger partial charge in [0, 0.05) is 9.60 Å². The van der Waals surface area contributed by atoms with E-state index < -0.39 is 0 Å². The first-order valence-electron chi connectivity index (χ1n) is 4.61. The van der Waals surface area contributed by atoms with Gasteiger partial charge in [0.05, 0.1) is 5.00 Å². The molecule has 0 spiro atoms. The first-order chi connectivity index (χ1) is 6.76. The SMILES string of the molecule is CCc1c(SC)ccc2cc(N)sc12. The topological polar surface area (TPSA) is 26.0 Å². The van der Waals surface area contributed by atoms with Crippen LogP contribution in [0.1, 0.15) is 12.5 Å². The molecule has 14 heavy (non-hydrogen) atoms. The number of benzene rings is 1. The van der Waals surface area contributed by atoms with Crippen LogP contribution < -0.4 is 5.73 Å². The van der Waals surface area contributed by atoms with Crippen molar-refractivity contribution in [1.82, 2.24) is 0 Å². The molecule has 0 amide bonds. The second kappa shape index (κ2) is 3.83. The molecule has 0 fully saturated rings. The van der Waals surface area contributed by atoms with E-state index in [1.165, 1.54) is 20.5 Å². The first-order valence-corrected chi connectivity index (χ1v) is 6.65. The predicted molar refractivity (Wildman–Crippen MR) is 67.4 cm³/mol. The van der Waals surface area contributed by atoms with Crippen molar-refractivity contribution in [2.45, 2.75) is 18.2 Å². The maximum Gasteiger partial charge on any atom is 0.0868 e. The van der Waals surface area contributed by atoms with E-state index >= 15 is 0 Å². The highest BCUT2D eigenvalue weighted by atomic mass is 32.2. The Labute approximate surface area is 92.3 Å². The fraction of sp³-hybridized carbons (Fsp3) is 0.273. The molecule has 0 bridgehead atoms. The highest BCUT2D eigenvalue weighted by molar-refractivity contribution is 7.98. The summed E-state index contributed by atoms with van der Waals surface area (Å²) in [5.41, 5.74) is 7.26. The average molecular weight is 223 g/mol. The van der Waals surface area contributed by atoms with Gasteiger partial charge in [-0.1, -0.05) is 13.0 Å². The maximum atomic E-state index is 5.82. The molecule has 0 saturated carbocycles. The van der Waals surface area contributed by atoms with Gasteiger partial charge in [0.25, 0.3) is 0 Å². The molecule has 74 valence electrons. The van der Waals surface area contributed by atoms with Crippen LogP contribution in [-0.4, -0.2) is 6.26 Å². The van der Waals surface area contributed by atoms with Crippen LogP contribution in [0.2, 0.25) is 0 Å². The number of anilines is 1. The predicted octanol–water partition coefficient (Wildman–Crippen LogP) is 3.77. The summed E-state index contributed by atoms with van der Waals surface area (Å²) in [5.74, 6) is 0. The van der Waals surface area contributed by atoms with Crippen molar-refractivity contribution in [2.75, 3.05) is 12.0 Å². The number of rotatable bonds is 2. The summed E-state index contributed by atoms with van der Waals surface area (Å²) in [6.45, 7) is 2.20. The second-order valence-electron chi connectivity index (χ2n) is 3.17. The van der Waals surface area contributed by atoms with Gasteiger partial charge in [-0.2, -0.15) is 0 Å². The molecule has 1 nitrogen and oxygen atoms in total. The van der Waals surface area contributed by atoms with Crippen LogP contribution in [0.3, 0.4) is 0 Å². The Morgan fingerprint density at radius 2 is 2.21 bits per heavy atom. The highest BCUT2D eigenvalue weighted by Crippen LogP contribution is 2.35. The quantitative estimate of drug-likeness (QED) is 0.784. The number of hydrogen-bond acceptors (Lipinski definition) is 3. The minimum atomic E-state index is 0.910. The number of nitrogen functional groups attached to an aromatic ring is 1. The Bertz CT molecular complexity index is 460. The van der Waals surface area contributed by atoms with Gasteiger partial charge in [0.15, 0.2) is 0 Å². The van der Waals surface area contributed by atoms with Gasteiger partial charge in [-0.05, 0) is 35.8 Å². The molecule has 3 heteroatoms. The minimum absolute atomic E-state index is 0.910. The molecule has 1 aromatic carbocycles. The molecule has 0 aliphatic heterocycles. The van der Waals surface area contributed by atoms with Crippen molar-refractivity contribution in [1.29, 1.82) is 0 Å². The van der Waals surface area contributed by atoms with Gasteiger partial charge < -0.3 is 5.73 Å². The fourth-order valence-electron chi connectivity index (χ4n) is 1.69. The fourth-order valence-corrected chi connectivity index (χ4v) is 3.49. The molecule has 1 heterocycles. The third-order valence-corrected chi connectivity index (χ3v) is 4.20. The summed E-state index contributed by atoms with van der Waals surface area (Å²) in [4.78, 5) is 1.38. The molecule has 2 N–H and O–H groups in total. The van der Waals surface area contributed by atoms with Crippen LogP contribution in [-0.2, 0) is 6.42 Å². The van der Waals surface area contributed by atoms with E-state index in [2.05, 4.69) is 31.4 Å². The number of thioether (sulfide) groups is 1. The number of aryl methyl sites for hydroxylation is 1. The maximum absolute atomic E-state index is 5.82. The Morgan fingerprint density at radius 1 is 1.43 bits per heavy atom. The van der Waals surface area contributed by atoms with Crippen molar-refractivity contribution in [2.24, 2.45) is 0 Å². The number of thiophene rings is 1. The number of hydrogen-bond donors (Lipinski definition) is 1. The van der Waals surface area contributed by atoms with Gasteiger partial charge in [0.1, 0.15) is 0 Å². The lowest BCUT2D eigenvalue weighted by atomic mass is 10.1. The third kappa shape index (κ3) is 1.51. The third-order valence-electron chi connectivity index (χ3n) is 2.34. The number of nitrogens with two attached hydrogens (primary N) is 1. The molecule has 0 aliphatic carbocycles. The standard InChI is InChI=1S/C11H13NS2/c1-3-8-9(13-2)5-4-7-6-10(12)14-11(7)8/h4-6H,3,12H2,1-2H3. The van der Waals surface area contributed by atoms with Crippen LogP contribution >= 0.6 is 23.1 Å². The van der Waals surface area contributed by atoms with Crippen molar-refractivity contribution in [3.05, 3.63) is 23.8 Å². The smallest absolute Gasteiger partial charge is 0.0868 e. The molecule has 0 radical (unpaired) electrons. The molecule has 0 unspecified atom stereocenters. The van der Waals surface area contributed by atoms with E-state index in [0.29, 0.717) is 0 Å². The van der Waals surface area contributed by atoms with Crippen molar-refractivity contribution in [3.63, 3.8) is 0 Å². The number of fused-ring (bicyclic) bond motifs is 1. The molecule has 1 aromatic heterocycles. The Balaban J connectivity index is 2.75. The molecule has 0 aliphatic rings. The molecule has 2 aromatic rings. The van der Waals surface area contributed by atoms with Crippen molar-refractivity contribution < 1.29 is 0 Å². The average Bonchev–Trinajstić information content (AvgIpc) is 2.56. The van der Waals surface area contributed by atoms with Gasteiger partial charge in [-0.25, -0.2) is 0 Å². The lowest BCUT2D eigenvalue weighted by Crippen LogP contribution is -1.84. The molecule has 0 atom stereocenters. The van der Waals surface area contributed by atoms with Crippen LogP contribution in [0.25, 0.3) is 10.1 Å². The molecule has 2 rings (SSSR count). The largest absolute Gasteiger partial charge is 0.391 e. The summed E-state index contributed by atoms with van der Waals surface area (Å²) in [5, 5.41) is 2.19. The van der Waals surface area contributed by atoms with E-state index in [0.717, 1.165) is 11.4 Å². The molecular formula is C11H13NS2. The van der Waals surface area contributed by atoms with E-state index in [4.69, 9.17) is 5.73 Å². The highest BCUT2D eigenvalue weighted by Gasteiger charge is 2.07. The summed E-state index contributed by atoms with van der Waals surface area (Å²) in [6.07, 6.45) is 3.20. The first kappa shape index (κ1) is 9.87. The van der Waals surface area contributed by atoms with E-state index in [1.54, 1.807) is 11.3 Å².